The molecular weight excluding hydrogens is 327 g/mol. The van der Waals surface area contributed by atoms with E-state index in [1.807, 2.05) is 0 Å². The van der Waals surface area contributed by atoms with Crippen LogP contribution in [0.2, 0.25) is 0 Å². The molecule has 130 valence electrons. The van der Waals surface area contributed by atoms with E-state index in [2.05, 4.69) is 25.9 Å². The van der Waals surface area contributed by atoms with Crippen LogP contribution in [0.3, 0.4) is 0 Å². The van der Waals surface area contributed by atoms with E-state index in [1.165, 1.54) is 7.05 Å². The van der Waals surface area contributed by atoms with Gasteiger partial charge in [0.05, 0.1) is 12.2 Å². The summed E-state index contributed by atoms with van der Waals surface area (Å²) in [6.45, 7) is 0.506. The summed E-state index contributed by atoms with van der Waals surface area (Å²) in [6, 6.07) is 0.943. The summed E-state index contributed by atoms with van der Waals surface area (Å²) in [4.78, 5) is 12.3. The molecule has 0 radical (unpaired) electrons. The number of carbonyl (C=O) groups excluding carboxylic acids is 1. The maximum absolute atomic E-state index is 12.7. The first-order chi connectivity index (χ1) is 11.3. The molecule has 3 heterocycles. The number of hydrogen-bond donors (Lipinski definition) is 1. The topological polar surface area (TPSA) is 90.5 Å². The Kier molecular flexibility index (Phi) is 4.24. The molecule has 3 rings (SSSR count). The van der Waals surface area contributed by atoms with E-state index in [-0.39, 0.29) is 24.1 Å². The molecule has 0 unspecified atom stereocenters. The molecule has 1 aliphatic heterocycles. The minimum absolute atomic E-state index is 0.0381. The molecule has 0 aromatic carbocycles. The first-order valence-corrected chi connectivity index (χ1v) is 7.47. The summed E-state index contributed by atoms with van der Waals surface area (Å²) in [5, 5.41) is 17.8. The fourth-order valence-electron chi connectivity index (χ4n) is 2.76. The van der Waals surface area contributed by atoms with Crippen LogP contribution < -0.4 is 5.32 Å². The molecule has 24 heavy (non-hydrogen) atoms. The molecule has 0 saturated carbocycles. The Hall–Kier alpha value is -2.46. The SMILES string of the molecule is Cn1nc(CNC(=O)[C@H]2CCc3nnnn3CC2)cc1C(F)(F)F. The lowest BCUT2D eigenvalue weighted by Gasteiger charge is -2.13. The van der Waals surface area contributed by atoms with Crippen molar-refractivity contribution in [1.82, 2.24) is 35.3 Å². The van der Waals surface area contributed by atoms with Gasteiger partial charge in [0.1, 0.15) is 5.69 Å². The third-order valence-corrected chi connectivity index (χ3v) is 4.05. The molecule has 1 aliphatic rings. The van der Waals surface area contributed by atoms with Crippen molar-refractivity contribution >= 4 is 5.91 Å². The Morgan fingerprint density at radius 1 is 1.42 bits per heavy atom. The number of aryl methyl sites for hydroxylation is 3. The zero-order valence-electron chi connectivity index (χ0n) is 12.9. The van der Waals surface area contributed by atoms with Crippen LogP contribution in [0.4, 0.5) is 13.2 Å². The zero-order chi connectivity index (χ0) is 17.3. The number of alkyl halides is 3. The minimum atomic E-state index is -4.47. The van der Waals surface area contributed by atoms with Crippen molar-refractivity contribution < 1.29 is 18.0 Å². The van der Waals surface area contributed by atoms with Crippen LogP contribution in [0, 0.1) is 5.92 Å². The predicted molar refractivity (Wildman–Crippen MR) is 74.3 cm³/mol. The average molecular weight is 343 g/mol. The quantitative estimate of drug-likeness (QED) is 0.886. The van der Waals surface area contributed by atoms with E-state index in [0.717, 1.165) is 16.6 Å². The van der Waals surface area contributed by atoms with Crippen LogP contribution in [-0.4, -0.2) is 35.9 Å². The van der Waals surface area contributed by atoms with Crippen LogP contribution in [0.5, 0.6) is 0 Å². The second-order valence-electron chi connectivity index (χ2n) is 5.70. The van der Waals surface area contributed by atoms with Crippen LogP contribution in [-0.2, 0) is 37.5 Å². The first-order valence-electron chi connectivity index (χ1n) is 7.47. The molecular formula is C13H16F3N7O. The van der Waals surface area contributed by atoms with Gasteiger partial charge in [-0.3, -0.25) is 9.48 Å². The lowest BCUT2D eigenvalue weighted by Crippen LogP contribution is -2.30. The third kappa shape index (κ3) is 3.39. The van der Waals surface area contributed by atoms with Crippen molar-refractivity contribution in [2.24, 2.45) is 13.0 Å². The second kappa shape index (κ2) is 6.21. The van der Waals surface area contributed by atoms with Gasteiger partial charge in [-0.1, -0.05) is 0 Å². The number of rotatable bonds is 3. The van der Waals surface area contributed by atoms with Gasteiger partial charge < -0.3 is 5.32 Å². The van der Waals surface area contributed by atoms with Crippen LogP contribution in [0.25, 0.3) is 0 Å². The summed E-state index contributed by atoms with van der Waals surface area (Å²) in [5.41, 5.74) is -0.671. The van der Waals surface area contributed by atoms with Crippen molar-refractivity contribution in [3.63, 3.8) is 0 Å². The number of amides is 1. The summed E-state index contributed by atoms with van der Waals surface area (Å²) >= 11 is 0. The number of aromatic nitrogens is 6. The molecule has 8 nitrogen and oxygen atoms in total. The van der Waals surface area contributed by atoms with Crippen molar-refractivity contribution in [2.75, 3.05) is 0 Å². The molecule has 0 spiro atoms. The van der Waals surface area contributed by atoms with Crippen LogP contribution in [0.15, 0.2) is 6.07 Å². The van der Waals surface area contributed by atoms with Gasteiger partial charge in [-0.25, -0.2) is 4.68 Å². The van der Waals surface area contributed by atoms with Crippen molar-refractivity contribution in [1.29, 1.82) is 0 Å². The van der Waals surface area contributed by atoms with Crippen molar-refractivity contribution in [3.8, 4) is 0 Å². The molecule has 0 saturated heterocycles. The summed E-state index contributed by atoms with van der Waals surface area (Å²) < 4.78 is 40.6. The van der Waals surface area contributed by atoms with Gasteiger partial charge in [-0.15, -0.1) is 5.10 Å². The molecule has 0 aliphatic carbocycles. The molecule has 0 bridgehead atoms. The number of tetrazole rings is 1. The highest BCUT2D eigenvalue weighted by atomic mass is 19.4. The van der Waals surface area contributed by atoms with Gasteiger partial charge in [-0.2, -0.15) is 18.3 Å². The maximum Gasteiger partial charge on any atom is 0.433 e. The maximum atomic E-state index is 12.7. The molecule has 0 fully saturated rings. The standard InChI is InChI=1S/C13H16F3N7O/c1-22-10(13(14,15)16)6-9(19-22)7-17-12(24)8-2-3-11-18-20-21-23(11)5-4-8/h6,8H,2-5,7H2,1H3,(H,17,24)/t8-/m0/s1. The summed E-state index contributed by atoms with van der Waals surface area (Å²) in [6.07, 6.45) is -2.69. The highest BCUT2D eigenvalue weighted by molar-refractivity contribution is 5.78. The molecule has 1 atom stereocenters. The van der Waals surface area contributed by atoms with E-state index in [4.69, 9.17) is 0 Å². The molecule has 1 amide bonds. The van der Waals surface area contributed by atoms with E-state index in [0.29, 0.717) is 25.8 Å². The lowest BCUT2D eigenvalue weighted by molar-refractivity contribution is -0.143. The number of fused-ring (bicyclic) bond motifs is 1. The monoisotopic (exact) mass is 343 g/mol. The average Bonchev–Trinajstić information content (AvgIpc) is 3.06. The van der Waals surface area contributed by atoms with Crippen LogP contribution in [0.1, 0.15) is 30.1 Å². The highest BCUT2D eigenvalue weighted by Crippen LogP contribution is 2.29. The fraction of sp³-hybridized carbons (Fsp3) is 0.615. The van der Waals surface area contributed by atoms with Crippen molar-refractivity contribution in [3.05, 3.63) is 23.3 Å². The first kappa shape index (κ1) is 16.4. The normalized spacial score (nSPS) is 18.1. The van der Waals surface area contributed by atoms with E-state index in [1.54, 1.807) is 4.68 Å². The zero-order valence-corrected chi connectivity index (χ0v) is 12.9. The fourth-order valence-corrected chi connectivity index (χ4v) is 2.76. The van der Waals surface area contributed by atoms with E-state index in [9.17, 15) is 18.0 Å². The Labute approximate surface area is 135 Å². The van der Waals surface area contributed by atoms with Crippen LogP contribution >= 0.6 is 0 Å². The van der Waals surface area contributed by atoms with Gasteiger partial charge in [0.2, 0.25) is 5.91 Å². The number of nitrogens with zero attached hydrogens (tertiary/aromatic N) is 6. The predicted octanol–water partition coefficient (Wildman–Crippen LogP) is 0.694. The number of hydrogen-bond acceptors (Lipinski definition) is 5. The molecule has 2 aromatic heterocycles. The lowest BCUT2D eigenvalue weighted by atomic mass is 9.99. The Morgan fingerprint density at radius 3 is 2.92 bits per heavy atom. The molecule has 11 heteroatoms. The highest BCUT2D eigenvalue weighted by Gasteiger charge is 2.35. The number of carbonyl (C=O) groups is 1. The smallest absolute Gasteiger partial charge is 0.350 e. The van der Waals surface area contributed by atoms with Gasteiger partial charge in [-0.05, 0) is 29.3 Å². The van der Waals surface area contributed by atoms with Gasteiger partial charge in [0, 0.05) is 25.9 Å². The number of halogens is 3. The second-order valence-corrected chi connectivity index (χ2v) is 5.70. The third-order valence-electron chi connectivity index (χ3n) is 4.05. The molecule has 2 aromatic rings. The minimum Gasteiger partial charge on any atom is -0.350 e. The number of nitrogens with one attached hydrogen (secondary N) is 1. The summed E-state index contributed by atoms with van der Waals surface area (Å²) in [7, 11) is 1.22. The summed E-state index contributed by atoms with van der Waals surface area (Å²) in [5.74, 6) is 0.303. The van der Waals surface area contributed by atoms with Gasteiger partial charge in [0.15, 0.2) is 5.82 Å². The largest absolute Gasteiger partial charge is 0.433 e. The van der Waals surface area contributed by atoms with Gasteiger partial charge in [0.25, 0.3) is 0 Å². The van der Waals surface area contributed by atoms with Gasteiger partial charge >= 0.3 is 6.18 Å². The van der Waals surface area contributed by atoms with Crippen molar-refractivity contribution in [2.45, 2.75) is 38.5 Å². The van der Waals surface area contributed by atoms with E-state index >= 15 is 0 Å². The van der Waals surface area contributed by atoms with E-state index < -0.39 is 11.9 Å². The Bertz CT molecular complexity index is 714. The Balaban J connectivity index is 1.57. The Morgan fingerprint density at radius 2 is 2.21 bits per heavy atom. The molecule has 1 N–H and O–H groups in total.